The molecule has 0 saturated carbocycles. The van der Waals surface area contributed by atoms with Crippen molar-refractivity contribution in [3.05, 3.63) is 26.4 Å². The predicted molar refractivity (Wildman–Crippen MR) is 107 cm³/mol. The van der Waals surface area contributed by atoms with E-state index in [1.54, 1.807) is 0 Å². The summed E-state index contributed by atoms with van der Waals surface area (Å²) < 4.78 is 19.1. The molecule has 1 fully saturated rings. The van der Waals surface area contributed by atoms with Gasteiger partial charge in [0, 0.05) is 6.61 Å². The molecule has 29 heavy (non-hydrogen) atoms. The van der Waals surface area contributed by atoms with Crippen molar-refractivity contribution in [2.24, 2.45) is 0 Å². The third-order valence-corrected chi connectivity index (χ3v) is 9.91. The highest BCUT2D eigenvalue weighted by Gasteiger charge is 2.38. The zero-order valence-electron chi connectivity index (χ0n) is 17.6. The molecule has 12 heteroatoms. The first kappa shape index (κ1) is 23.4. The molecule has 0 aliphatic carbocycles. The molecule has 2 heterocycles. The van der Waals surface area contributed by atoms with Crippen LogP contribution in [0.25, 0.3) is 0 Å². The molecule has 1 unspecified atom stereocenters. The highest BCUT2D eigenvalue weighted by Crippen LogP contribution is 2.36. The molecule has 1 aromatic rings. The summed E-state index contributed by atoms with van der Waals surface area (Å²) in [6.45, 7) is 11.4. The normalized spacial score (nSPS) is 19.1. The van der Waals surface area contributed by atoms with Crippen LogP contribution >= 0.6 is 0 Å². The summed E-state index contributed by atoms with van der Waals surface area (Å²) in [7, 11) is -2.09. The number of ether oxygens (including phenoxy) is 2. The van der Waals surface area contributed by atoms with Crippen LogP contribution < -0.4 is 0 Å². The zero-order valence-corrected chi connectivity index (χ0v) is 18.6. The lowest BCUT2D eigenvalue weighted by Gasteiger charge is -2.37. The molecule has 2 atom stereocenters. The number of nitro groups is 2. The zero-order chi connectivity index (χ0) is 21.8. The minimum absolute atomic E-state index is 0.00559. The van der Waals surface area contributed by atoms with Crippen LogP contribution in [0.1, 0.15) is 40.0 Å². The lowest BCUT2D eigenvalue weighted by atomic mass is 10.2. The molecule has 0 aromatic carbocycles. The third-order valence-electron chi connectivity index (χ3n) is 5.41. The lowest BCUT2D eigenvalue weighted by molar-refractivity contribution is -0.403. The van der Waals surface area contributed by atoms with Gasteiger partial charge in [-0.1, -0.05) is 20.8 Å². The van der Waals surface area contributed by atoms with Crippen molar-refractivity contribution in [2.45, 2.75) is 77.1 Å². The maximum absolute atomic E-state index is 11.3. The molecule has 0 bridgehead atoms. The lowest BCUT2D eigenvalue weighted by Crippen LogP contribution is -2.44. The molecule has 11 nitrogen and oxygen atoms in total. The standard InChI is InChI=1S/C17H30N4O7Si/c1-17(2,3)29(4,5)27-12-13(28-15-8-6-7-9-26-15)10-19-11-14(20(22)23)18-16(19)21(24)25/h11,13,15H,6-10,12H2,1-5H3/t13-,15?/m0/s1. The molecule has 1 aromatic heterocycles. The topological polar surface area (TPSA) is 132 Å². The second-order valence-corrected chi connectivity index (χ2v) is 13.5. The van der Waals surface area contributed by atoms with Gasteiger partial charge in [-0.05, 0) is 52.2 Å². The summed E-state index contributed by atoms with van der Waals surface area (Å²) in [6, 6.07) is 0. The molecule has 0 spiro atoms. The summed E-state index contributed by atoms with van der Waals surface area (Å²) in [5, 5.41) is 22.3. The van der Waals surface area contributed by atoms with E-state index < -0.39 is 42.3 Å². The van der Waals surface area contributed by atoms with E-state index in [1.807, 2.05) is 0 Å². The fourth-order valence-corrected chi connectivity index (χ4v) is 3.70. The SMILES string of the molecule is CC(C)(C)[Si](C)(C)OC[C@H](Cn1cc([N+](=O)[O-])nc1[N+](=O)[O-])OC1CCCCO1. The van der Waals surface area contributed by atoms with Crippen molar-refractivity contribution in [1.82, 2.24) is 9.55 Å². The Morgan fingerprint density at radius 2 is 2.00 bits per heavy atom. The second-order valence-electron chi connectivity index (χ2n) is 8.69. The van der Waals surface area contributed by atoms with Gasteiger partial charge in [0.05, 0.1) is 6.61 Å². The minimum atomic E-state index is -2.09. The molecule has 164 valence electrons. The van der Waals surface area contributed by atoms with Gasteiger partial charge >= 0.3 is 11.8 Å². The Morgan fingerprint density at radius 1 is 1.31 bits per heavy atom. The first-order chi connectivity index (χ1) is 13.4. The van der Waals surface area contributed by atoms with Gasteiger partial charge in [0.1, 0.15) is 12.6 Å². The van der Waals surface area contributed by atoms with Gasteiger partial charge in [0.25, 0.3) is 0 Å². The Bertz CT molecular complexity index is 726. The van der Waals surface area contributed by atoms with Crippen LogP contribution in [0.5, 0.6) is 0 Å². The Morgan fingerprint density at radius 3 is 2.52 bits per heavy atom. The molecule has 0 N–H and O–H groups in total. The average molecular weight is 431 g/mol. The van der Waals surface area contributed by atoms with Crippen LogP contribution in [0, 0.1) is 20.2 Å². The maximum atomic E-state index is 11.3. The van der Waals surface area contributed by atoms with E-state index in [-0.39, 0.29) is 18.2 Å². The summed E-state index contributed by atoms with van der Waals surface area (Å²) in [5.41, 5.74) is 0. The molecule has 0 radical (unpaired) electrons. The first-order valence-electron chi connectivity index (χ1n) is 9.67. The smallest absolute Gasteiger partial charge is 0.414 e. The number of imidazole rings is 1. The molecule has 1 aliphatic rings. The van der Waals surface area contributed by atoms with Gasteiger partial charge in [-0.15, -0.1) is 0 Å². The molecule has 1 aliphatic heterocycles. The van der Waals surface area contributed by atoms with E-state index >= 15 is 0 Å². The van der Waals surface area contributed by atoms with E-state index in [0.29, 0.717) is 6.61 Å². The van der Waals surface area contributed by atoms with E-state index in [0.717, 1.165) is 30.0 Å². The van der Waals surface area contributed by atoms with E-state index in [1.165, 1.54) is 0 Å². The number of nitrogens with zero attached hydrogens (tertiary/aromatic N) is 4. The fraction of sp³-hybridized carbons (Fsp3) is 0.824. The number of aromatic nitrogens is 2. The Kier molecular flexibility index (Phi) is 7.49. The Balaban J connectivity index is 2.20. The largest absolute Gasteiger partial charge is 0.439 e. The highest BCUT2D eigenvalue weighted by atomic mass is 28.4. The highest BCUT2D eigenvalue weighted by molar-refractivity contribution is 6.74. The van der Waals surface area contributed by atoms with E-state index in [2.05, 4.69) is 38.8 Å². The Labute approximate surface area is 170 Å². The molecular weight excluding hydrogens is 400 g/mol. The van der Waals surface area contributed by atoms with Crippen molar-refractivity contribution in [3.63, 3.8) is 0 Å². The molecular formula is C17H30N4O7Si. The fourth-order valence-electron chi connectivity index (χ4n) is 2.67. The van der Waals surface area contributed by atoms with Crippen molar-refractivity contribution < 1.29 is 23.7 Å². The minimum Gasteiger partial charge on any atom is -0.414 e. The van der Waals surface area contributed by atoms with E-state index in [4.69, 9.17) is 13.9 Å². The molecule has 1 saturated heterocycles. The average Bonchev–Trinajstić information content (AvgIpc) is 3.04. The quantitative estimate of drug-likeness (QED) is 0.329. The van der Waals surface area contributed by atoms with Crippen LogP contribution in [0.2, 0.25) is 18.1 Å². The van der Waals surface area contributed by atoms with Crippen LogP contribution in [0.4, 0.5) is 11.8 Å². The van der Waals surface area contributed by atoms with Crippen LogP contribution in [-0.4, -0.2) is 53.3 Å². The predicted octanol–water partition coefficient (Wildman–Crippen LogP) is 3.63. The summed E-state index contributed by atoms with van der Waals surface area (Å²) >= 11 is 0. The van der Waals surface area contributed by atoms with Crippen molar-refractivity contribution in [3.8, 4) is 0 Å². The second kappa shape index (κ2) is 9.28. The van der Waals surface area contributed by atoms with Gasteiger partial charge in [-0.25, -0.2) is 4.57 Å². The van der Waals surface area contributed by atoms with Gasteiger partial charge < -0.3 is 34.1 Å². The molecule has 2 rings (SSSR count). The van der Waals surface area contributed by atoms with Gasteiger partial charge in [-0.2, -0.15) is 0 Å². The summed E-state index contributed by atoms with van der Waals surface area (Å²) in [6.07, 6.45) is 2.72. The van der Waals surface area contributed by atoms with Gasteiger partial charge in [-0.3, -0.25) is 0 Å². The maximum Gasteiger partial charge on any atom is 0.439 e. The van der Waals surface area contributed by atoms with Crippen LogP contribution in [-0.2, 0) is 20.4 Å². The van der Waals surface area contributed by atoms with Crippen LogP contribution in [0.3, 0.4) is 0 Å². The van der Waals surface area contributed by atoms with E-state index in [9.17, 15) is 20.2 Å². The summed E-state index contributed by atoms with van der Waals surface area (Å²) in [5.74, 6) is -1.17. The van der Waals surface area contributed by atoms with Crippen molar-refractivity contribution >= 4 is 20.1 Å². The Hall–Kier alpha value is -1.89. The van der Waals surface area contributed by atoms with Gasteiger partial charge in [0.15, 0.2) is 20.8 Å². The third kappa shape index (κ3) is 6.29. The molecule has 0 amide bonds. The van der Waals surface area contributed by atoms with Crippen LogP contribution in [0.15, 0.2) is 6.20 Å². The van der Waals surface area contributed by atoms with Crippen molar-refractivity contribution in [1.29, 1.82) is 0 Å². The monoisotopic (exact) mass is 430 g/mol. The number of hydrogen-bond donors (Lipinski definition) is 0. The van der Waals surface area contributed by atoms with Crippen molar-refractivity contribution in [2.75, 3.05) is 13.2 Å². The first-order valence-corrected chi connectivity index (χ1v) is 12.6. The van der Waals surface area contributed by atoms with Gasteiger partial charge in [0.2, 0.25) is 0 Å². The number of rotatable bonds is 9. The number of hydrogen-bond acceptors (Lipinski definition) is 8. The summed E-state index contributed by atoms with van der Waals surface area (Å²) in [4.78, 5) is 24.3.